The van der Waals surface area contributed by atoms with Gasteiger partial charge in [-0.3, -0.25) is 4.68 Å². The molecule has 20 heavy (non-hydrogen) atoms. The molecule has 3 aromatic rings. The molecular formula is C15H19N5. The molecule has 104 valence electrons. The average Bonchev–Trinajstić information content (AvgIpc) is 3.00. The van der Waals surface area contributed by atoms with Crippen LogP contribution in [0.4, 0.5) is 0 Å². The zero-order chi connectivity index (χ0) is 13.9. The van der Waals surface area contributed by atoms with Crippen molar-refractivity contribution in [3.05, 3.63) is 48.0 Å². The summed E-state index contributed by atoms with van der Waals surface area (Å²) in [6, 6.07) is 10.3. The van der Waals surface area contributed by atoms with E-state index in [1.54, 1.807) is 0 Å². The molecule has 0 amide bonds. The van der Waals surface area contributed by atoms with Crippen molar-refractivity contribution in [2.24, 2.45) is 14.1 Å². The molecule has 0 radical (unpaired) electrons. The van der Waals surface area contributed by atoms with Gasteiger partial charge in [0.25, 0.3) is 0 Å². The normalized spacial score (nSPS) is 11.3. The fourth-order valence-electron chi connectivity index (χ4n) is 2.42. The number of benzene rings is 1. The molecule has 0 spiro atoms. The number of hydrogen-bond acceptors (Lipinski definition) is 3. The van der Waals surface area contributed by atoms with Gasteiger partial charge < -0.3 is 9.88 Å². The summed E-state index contributed by atoms with van der Waals surface area (Å²) < 4.78 is 4.06. The molecule has 1 N–H and O–H groups in total. The highest BCUT2D eigenvalue weighted by Crippen LogP contribution is 2.13. The SMILES string of the molecule is Cn1nccc1CCNCc1nc2ccccc2n1C. The van der Waals surface area contributed by atoms with Gasteiger partial charge in [-0.1, -0.05) is 12.1 Å². The minimum Gasteiger partial charge on any atom is -0.330 e. The Balaban J connectivity index is 1.60. The topological polar surface area (TPSA) is 47.7 Å². The molecular weight excluding hydrogens is 250 g/mol. The maximum atomic E-state index is 4.65. The number of fused-ring (bicyclic) bond motifs is 1. The summed E-state index contributed by atoms with van der Waals surface area (Å²) in [5.74, 6) is 1.07. The van der Waals surface area contributed by atoms with Crippen molar-refractivity contribution >= 4 is 11.0 Å². The van der Waals surface area contributed by atoms with Crippen molar-refractivity contribution in [3.8, 4) is 0 Å². The van der Waals surface area contributed by atoms with E-state index in [9.17, 15) is 0 Å². The summed E-state index contributed by atoms with van der Waals surface area (Å²) in [5.41, 5.74) is 3.47. The number of aryl methyl sites for hydroxylation is 2. The minimum absolute atomic E-state index is 0.781. The highest BCUT2D eigenvalue weighted by molar-refractivity contribution is 5.75. The molecule has 0 atom stereocenters. The predicted molar refractivity (Wildman–Crippen MR) is 79.3 cm³/mol. The number of para-hydroxylation sites is 2. The first kappa shape index (κ1) is 12.9. The Morgan fingerprint density at radius 1 is 1.15 bits per heavy atom. The van der Waals surface area contributed by atoms with Crippen LogP contribution in [-0.2, 0) is 27.1 Å². The smallest absolute Gasteiger partial charge is 0.123 e. The molecule has 0 fully saturated rings. The van der Waals surface area contributed by atoms with E-state index in [1.165, 1.54) is 11.2 Å². The average molecular weight is 269 g/mol. The third kappa shape index (κ3) is 2.44. The maximum absolute atomic E-state index is 4.65. The van der Waals surface area contributed by atoms with Crippen molar-refractivity contribution in [2.45, 2.75) is 13.0 Å². The first-order valence-electron chi connectivity index (χ1n) is 6.83. The predicted octanol–water partition coefficient (Wildman–Crippen LogP) is 1.64. The van der Waals surface area contributed by atoms with Crippen LogP contribution in [0.5, 0.6) is 0 Å². The molecule has 0 saturated carbocycles. The molecule has 5 heteroatoms. The van der Waals surface area contributed by atoms with Crippen molar-refractivity contribution in [1.82, 2.24) is 24.6 Å². The van der Waals surface area contributed by atoms with Crippen LogP contribution in [0, 0.1) is 0 Å². The van der Waals surface area contributed by atoms with Gasteiger partial charge in [-0.2, -0.15) is 5.10 Å². The van der Waals surface area contributed by atoms with E-state index >= 15 is 0 Å². The van der Waals surface area contributed by atoms with Crippen LogP contribution in [0.15, 0.2) is 36.5 Å². The number of rotatable bonds is 5. The quantitative estimate of drug-likeness (QED) is 0.716. The molecule has 0 saturated heterocycles. The molecule has 0 unspecified atom stereocenters. The van der Waals surface area contributed by atoms with E-state index in [-0.39, 0.29) is 0 Å². The lowest BCUT2D eigenvalue weighted by Crippen LogP contribution is -2.20. The van der Waals surface area contributed by atoms with Gasteiger partial charge in [0.1, 0.15) is 5.82 Å². The van der Waals surface area contributed by atoms with E-state index in [0.29, 0.717) is 0 Å². The van der Waals surface area contributed by atoms with Crippen LogP contribution in [0.2, 0.25) is 0 Å². The Labute approximate surface area is 118 Å². The fourth-order valence-corrected chi connectivity index (χ4v) is 2.42. The van der Waals surface area contributed by atoms with Crippen LogP contribution in [0.3, 0.4) is 0 Å². The van der Waals surface area contributed by atoms with Crippen LogP contribution in [0.25, 0.3) is 11.0 Å². The third-order valence-electron chi connectivity index (χ3n) is 3.64. The largest absolute Gasteiger partial charge is 0.330 e. The summed E-state index contributed by atoms with van der Waals surface area (Å²) in [6.45, 7) is 1.70. The van der Waals surface area contributed by atoms with E-state index in [2.05, 4.69) is 45.2 Å². The zero-order valence-electron chi connectivity index (χ0n) is 11.9. The summed E-state index contributed by atoms with van der Waals surface area (Å²) in [5, 5.41) is 7.61. The van der Waals surface area contributed by atoms with Crippen LogP contribution < -0.4 is 5.32 Å². The lowest BCUT2D eigenvalue weighted by molar-refractivity contribution is 0.618. The highest BCUT2D eigenvalue weighted by Gasteiger charge is 2.06. The molecule has 2 aromatic heterocycles. The molecule has 0 aliphatic rings. The summed E-state index contributed by atoms with van der Waals surface area (Å²) in [7, 11) is 4.04. The Hall–Kier alpha value is -2.14. The van der Waals surface area contributed by atoms with E-state index < -0.39 is 0 Å². The second-order valence-corrected chi connectivity index (χ2v) is 4.95. The number of nitrogens with one attached hydrogen (secondary N) is 1. The number of nitrogens with zero attached hydrogens (tertiary/aromatic N) is 4. The molecule has 0 aliphatic heterocycles. The molecule has 5 nitrogen and oxygen atoms in total. The second kappa shape index (κ2) is 5.46. The van der Waals surface area contributed by atoms with Crippen LogP contribution >= 0.6 is 0 Å². The maximum Gasteiger partial charge on any atom is 0.123 e. The molecule has 2 heterocycles. The van der Waals surface area contributed by atoms with Crippen molar-refractivity contribution in [1.29, 1.82) is 0 Å². The van der Waals surface area contributed by atoms with Gasteiger partial charge in [-0.25, -0.2) is 4.98 Å². The van der Waals surface area contributed by atoms with Gasteiger partial charge in [0.15, 0.2) is 0 Å². The van der Waals surface area contributed by atoms with Crippen LogP contribution in [-0.4, -0.2) is 25.9 Å². The van der Waals surface area contributed by atoms with Gasteiger partial charge in [0.2, 0.25) is 0 Å². The second-order valence-electron chi connectivity index (χ2n) is 4.95. The Morgan fingerprint density at radius 2 is 2.00 bits per heavy atom. The Morgan fingerprint density at radius 3 is 2.75 bits per heavy atom. The fraction of sp³-hybridized carbons (Fsp3) is 0.333. The van der Waals surface area contributed by atoms with Gasteiger partial charge in [0.05, 0.1) is 17.6 Å². The zero-order valence-corrected chi connectivity index (χ0v) is 11.9. The van der Waals surface area contributed by atoms with Gasteiger partial charge in [-0.05, 0) is 18.2 Å². The van der Waals surface area contributed by atoms with E-state index in [4.69, 9.17) is 0 Å². The summed E-state index contributed by atoms with van der Waals surface area (Å²) in [4.78, 5) is 4.65. The van der Waals surface area contributed by atoms with Crippen molar-refractivity contribution in [3.63, 3.8) is 0 Å². The lowest BCUT2D eigenvalue weighted by atomic mass is 10.3. The standard InChI is InChI=1S/C15H19N5/c1-19-14-6-4-3-5-13(14)18-15(19)11-16-9-7-12-8-10-17-20(12)2/h3-6,8,10,16H,7,9,11H2,1-2H3. The Kier molecular flexibility index (Phi) is 3.52. The lowest BCUT2D eigenvalue weighted by Gasteiger charge is -2.05. The molecule has 1 aromatic carbocycles. The molecule has 0 aliphatic carbocycles. The Bertz CT molecular complexity index is 710. The molecule has 3 rings (SSSR count). The number of imidazole rings is 1. The monoisotopic (exact) mass is 269 g/mol. The first-order valence-corrected chi connectivity index (χ1v) is 6.83. The minimum atomic E-state index is 0.781. The third-order valence-corrected chi connectivity index (χ3v) is 3.64. The van der Waals surface area contributed by atoms with Crippen molar-refractivity contribution in [2.75, 3.05) is 6.54 Å². The number of hydrogen-bond donors (Lipinski definition) is 1. The first-order chi connectivity index (χ1) is 9.75. The van der Waals surface area contributed by atoms with Crippen molar-refractivity contribution < 1.29 is 0 Å². The summed E-state index contributed by atoms with van der Waals surface area (Å²) >= 11 is 0. The van der Waals surface area contributed by atoms with Gasteiger partial charge in [0, 0.05) is 39.0 Å². The van der Waals surface area contributed by atoms with E-state index in [0.717, 1.165) is 30.9 Å². The summed E-state index contributed by atoms with van der Waals surface area (Å²) in [6.07, 6.45) is 2.81. The molecule has 0 bridgehead atoms. The number of aromatic nitrogens is 4. The van der Waals surface area contributed by atoms with Gasteiger partial charge in [-0.15, -0.1) is 0 Å². The van der Waals surface area contributed by atoms with E-state index in [1.807, 2.05) is 30.1 Å². The highest BCUT2D eigenvalue weighted by atomic mass is 15.3. The van der Waals surface area contributed by atoms with Gasteiger partial charge >= 0.3 is 0 Å². The van der Waals surface area contributed by atoms with Crippen LogP contribution in [0.1, 0.15) is 11.5 Å².